The summed E-state index contributed by atoms with van der Waals surface area (Å²) in [6, 6.07) is -0.156. The lowest BCUT2D eigenvalue weighted by Crippen LogP contribution is -2.54. The first-order valence-corrected chi connectivity index (χ1v) is 8.59. The lowest BCUT2D eigenvalue weighted by atomic mass is 10.1. The molecule has 3 N–H and O–H groups in total. The molecule has 1 unspecified atom stereocenters. The summed E-state index contributed by atoms with van der Waals surface area (Å²) in [6.07, 6.45) is 5.26. The summed E-state index contributed by atoms with van der Waals surface area (Å²) >= 11 is 0. The van der Waals surface area contributed by atoms with Crippen LogP contribution in [0.2, 0.25) is 0 Å². The molecule has 6 nitrogen and oxygen atoms in total. The van der Waals surface area contributed by atoms with Gasteiger partial charge in [-0.3, -0.25) is 4.79 Å². The second kappa shape index (κ2) is 6.67. The largest absolute Gasteiger partial charge is 0.353 e. The van der Waals surface area contributed by atoms with Gasteiger partial charge in [-0.05, 0) is 33.2 Å². The third kappa shape index (κ3) is 6.89. The monoisotopic (exact) mass is 291 g/mol. The maximum atomic E-state index is 12.0. The van der Waals surface area contributed by atoms with E-state index >= 15 is 0 Å². The Hall–Kier alpha value is -0.660. The topological polar surface area (TPSA) is 87.3 Å². The van der Waals surface area contributed by atoms with Crippen LogP contribution in [0.1, 0.15) is 39.5 Å². The van der Waals surface area contributed by atoms with E-state index in [0.29, 0.717) is 0 Å². The van der Waals surface area contributed by atoms with Crippen molar-refractivity contribution in [2.45, 2.75) is 51.1 Å². The molecule has 0 aromatic rings. The molecule has 7 heteroatoms. The van der Waals surface area contributed by atoms with Crippen molar-refractivity contribution >= 4 is 15.9 Å². The Morgan fingerprint density at radius 1 is 1.32 bits per heavy atom. The van der Waals surface area contributed by atoms with E-state index in [4.69, 9.17) is 0 Å². The Balaban J connectivity index is 2.44. The molecular weight excluding hydrogens is 266 g/mol. The molecule has 1 rings (SSSR count). The van der Waals surface area contributed by atoms with Gasteiger partial charge in [-0.1, -0.05) is 12.8 Å². The lowest BCUT2D eigenvalue weighted by molar-refractivity contribution is -0.123. The van der Waals surface area contributed by atoms with E-state index in [2.05, 4.69) is 15.4 Å². The maximum absolute atomic E-state index is 12.0. The van der Waals surface area contributed by atoms with Gasteiger partial charge in [0.25, 0.3) is 0 Å². The van der Waals surface area contributed by atoms with Crippen LogP contribution in [0.25, 0.3) is 0 Å². The fourth-order valence-electron chi connectivity index (χ4n) is 2.22. The highest BCUT2D eigenvalue weighted by atomic mass is 32.2. The Morgan fingerprint density at radius 2 is 2.00 bits per heavy atom. The number of carbonyl (C=O) groups is 1. The lowest BCUT2D eigenvalue weighted by Gasteiger charge is -2.26. The van der Waals surface area contributed by atoms with Crippen LogP contribution in [-0.2, 0) is 14.8 Å². The Morgan fingerprint density at radius 3 is 2.63 bits per heavy atom. The normalized spacial score (nSPS) is 21.7. The Labute approximate surface area is 115 Å². The highest BCUT2D eigenvalue weighted by Crippen LogP contribution is 2.09. The zero-order chi connectivity index (χ0) is 14.5. The van der Waals surface area contributed by atoms with E-state index in [9.17, 15) is 13.2 Å². The van der Waals surface area contributed by atoms with Gasteiger partial charge >= 0.3 is 0 Å². The summed E-state index contributed by atoms with van der Waals surface area (Å²) in [5, 5.41) is 6.03. The molecule has 1 saturated heterocycles. The first kappa shape index (κ1) is 16.4. The van der Waals surface area contributed by atoms with Crippen molar-refractivity contribution in [3.63, 3.8) is 0 Å². The standard InChI is InChI=1S/C12H25N3O3S/c1-12(2,15-19(3,17)18)9-14-11(16)10-7-5-4-6-8-13-10/h10,13,15H,4-9H2,1-3H3,(H,14,16). The van der Waals surface area contributed by atoms with Crippen molar-refractivity contribution in [1.82, 2.24) is 15.4 Å². The van der Waals surface area contributed by atoms with Crippen LogP contribution in [0, 0.1) is 0 Å². The van der Waals surface area contributed by atoms with E-state index < -0.39 is 15.6 Å². The summed E-state index contributed by atoms with van der Waals surface area (Å²) in [7, 11) is -3.28. The quantitative estimate of drug-likeness (QED) is 0.663. The number of sulfonamides is 1. The summed E-state index contributed by atoms with van der Waals surface area (Å²) in [6.45, 7) is 4.63. The molecule has 1 aliphatic rings. The second-order valence-electron chi connectivity index (χ2n) is 5.83. The van der Waals surface area contributed by atoms with Gasteiger partial charge in [0.1, 0.15) is 0 Å². The minimum Gasteiger partial charge on any atom is -0.353 e. The molecule has 1 heterocycles. The van der Waals surface area contributed by atoms with Crippen LogP contribution in [-0.4, -0.2) is 45.3 Å². The first-order chi connectivity index (χ1) is 8.70. The van der Waals surface area contributed by atoms with E-state index in [1.165, 1.54) is 0 Å². The van der Waals surface area contributed by atoms with Gasteiger partial charge in [0.2, 0.25) is 15.9 Å². The van der Waals surface area contributed by atoms with Crippen molar-refractivity contribution in [3.05, 3.63) is 0 Å². The molecule has 0 aromatic carbocycles. The van der Waals surface area contributed by atoms with Gasteiger partial charge in [0.15, 0.2) is 0 Å². The molecule has 0 saturated carbocycles. The number of hydrogen-bond donors (Lipinski definition) is 3. The summed E-state index contributed by atoms with van der Waals surface area (Å²) in [4.78, 5) is 12.0. The number of amides is 1. The SMILES string of the molecule is CC(C)(CNC(=O)C1CCCCCN1)NS(C)(=O)=O. The number of rotatable bonds is 5. The smallest absolute Gasteiger partial charge is 0.237 e. The highest BCUT2D eigenvalue weighted by Gasteiger charge is 2.25. The van der Waals surface area contributed by atoms with Crippen molar-refractivity contribution in [2.75, 3.05) is 19.3 Å². The van der Waals surface area contributed by atoms with E-state index in [-0.39, 0.29) is 18.5 Å². The average Bonchev–Trinajstić information content (AvgIpc) is 2.51. The van der Waals surface area contributed by atoms with Crippen LogP contribution >= 0.6 is 0 Å². The molecule has 1 amide bonds. The Bertz CT molecular complexity index is 398. The predicted octanol–water partition coefficient (Wildman–Crippen LogP) is -0.0374. The molecule has 1 aliphatic heterocycles. The molecule has 0 bridgehead atoms. The summed E-state index contributed by atoms with van der Waals surface area (Å²) in [5.74, 6) is -0.0507. The predicted molar refractivity (Wildman–Crippen MR) is 75.3 cm³/mol. The number of nitrogens with one attached hydrogen (secondary N) is 3. The van der Waals surface area contributed by atoms with Crippen molar-refractivity contribution in [1.29, 1.82) is 0 Å². The minimum atomic E-state index is -3.28. The fraction of sp³-hybridized carbons (Fsp3) is 0.917. The van der Waals surface area contributed by atoms with Crippen molar-refractivity contribution in [2.24, 2.45) is 0 Å². The molecular formula is C12H25N3O3S. The first-order valence-electron chi connectivity index (χ1n) is 6.70. The fourth-order valence-corrected chi connectivity index (χ4v) is 3.30. The second-order valence-corrected chi connectivity index (χ2v) is 7.58. The molecule has 112 valence electrons. The molecule has 1 fully saturated rings. The van der Waals surface area contributed by atoms with E-state index in [1.54, 1.807) is 13.8 Å². The van der Waals surface area contributed by atoms with Crippen molar-refractivity contribution < 1.29 is 13.2 Å². The van der Waals surface area contributed by atoms with E-state index in [1.807, 2.05) is 0 Å². The highest BCUT2D eigenvalue weighted by molar-refractivity contribution is 7.88. The molecule has 19 heavy (non-hydrogen) atoms. The van der Waals surface area contributed by atoms with Gasteiger partial charge in [-0.2, -0.15) is 0 Å². The molecule has 0 aliphatic carbocycles. The van der Waals surface area contributed by atoms with Crippen LogP contribution in [0.3, 0.4) is 0 Å². The zero-order valence-corrected chi connectivity index (χ0v) is 12.8. The zero-order valence-electron chi connectivity index (χ0n) is 12.0. The summed E-state index contributed by atoms with van der Waals surface area (Å²) < 4.78 is 24.9. The van der Waals surface area contributed by atoms with Gasteiger partial charge in [0.05, 0.1) is 12.3 Å². The molecule has 0 aromatic heterocycles. The van der Waals surface area contributed by atoms with Crippen molar-refractivity contribution in [3.8, 4) is 0 Å². The van der Waals surface area contributed by atoms with Crippen LogP contribution < -0.4 is 15.4 Å². The number of hydrogen-bond acceptors (Lipinski definition) is 4. The van der Waals surface area contributed by atoms with Gasteiger partial charge < -0.3 is 10.6 Å². The van der Waals surface area contributed by atoms with Gasteiger partial charge in [-0.15, -0.1) is 0 Å². The van der Waals surface area contributed by atoms with Gasteiger partial charge in [-0.25, -0.2) is 13.1 Å². The third-order valence-electron chi connectivity index (χ3n) is 3.04. The van der Waals surface area contributed by atoms with Gasteiger partial charge in [0, 0.05) is 12.1 Å². The van der Waals surface area contributed by atoms with Crippen LogP contribution in [0.15, 0.2) is 0 Å². The van der Waals surface area contributed by atoms with Crippen LogP contribution in [0.5, 0.6) is 0 Å². The maximum Gasteiger partial charge on any atom is 0.237 e. The average molecular weight is 291 g/mol. The molecule has 0 spiro atoms. The molecule has 1 atom stereocenters. The minimum absolute atomic E-state index is 0.0507. The van der Waals surface area contributed by atoms with E-state index in [0.717, 1.165) is 38.5 Å². The summed E-state index contributed by atoms with van der Waals surface area (Å²) in [5.41, 5.74) is -0.687. The third-order valence-corrected chi connectivity index (χ3v) is 3.97. The van der Waals surface area contributed by atoms with Crippen LogP contribution in [0.4, 0.5) is 0 Å². The Kier molecular flexibility index (Phi) is 5.76. The number of carbonyl (C=O) groups excluding carboxylic acids is 1. The molecule has 0 radical (unpaired) electrons.